The molecule has 34 heavy (non-hydrogen) atoms. The van der Waals surface area contributed by atoms with Crippen LogP contribution in [0.3, 0.4) is 0 Å². The molecule has 3 heterocycles. The number of anilines is 2. The average Bonchev–Trinajstić information content (AvgIpc) is 3.14. The number of imidazole rings is 1. The first-order valence-corrected chi connectivity index (χ1v) is 10.3. The van der Waals surface area contributed by atoms with E-state index in [1.165, 1.54) is 12.1 Å². The van der Waals surface area contributed by atoms with Gasteiger partial charge in [-0.2, -0.15) is 13.2 Å². The Morgan fingerprint density at radius 3 is 2.47 bits per heavy atom. The minimum absolute atomic E-state index is 0.192. The molecule has 0 fully saturated rings. The molecule has 0 unspecified atom stereocenters. The first-order chi connectivity index (χ1) is 15.9. The van der Waals surface area contributed by atoms with Crippen LogP contribution in [0.15, 0.2) is 36.5 Å². The van der Waals surface area contributed by atoms with Crippen LogP contribution >= 0.6 is 0 Å². The number of benzene rings is 1. The largest absolute Gasteiger partial charge is 0.433 e. The van der Waals surface area contributed by atoms with Gasteiger partial charge in [0.05, 0.1) is 24.0 Å². The van der Waals surface area contributed by atoms with Crippen molar-refractivity contribution in [2.24, 2.45) is 5.73 Å². The fourth-order valence-corrected chi connectivity index (χ4v) is 4.03. The number of halogens is 5. The second-order valence-corrected chi connectivity index (χ2v) is 8.28. The van der Waals surface area contributed by atoms with Gasteiger partial charge in [0.25, 0.3) is 0 Å². The Hall–Kier alpha value is -3.54. The molecule has 3 N–H and O–H groups in total. The maximum absolute atomic E-state index is 14.0. The van der Waals surface area contributed by atoms with Crippen LogP contribution in [0, 0.1) is 11.6 Å². The number of rotatable bonds is 4. The van der Waals surface area contributed by atoms with Crippen LogP contribution in [0.1, 0.15) is 25.4 Å². The van der Waals surface area contributed by atoms with Crippen molar-refractivity contribution in [1.29, 1.82) is 0 Å². The fourth-order valence-electron chi connectivity index (χ4n) is 4.03. The van der Waals surface area contributed by atoms with E-state index < -0.39 is 29.0 Å². The number of hydrogen-bond donors (Lipinski definition) is 2. The number of nitrogens with two attached hydrogens (primary N) is 1. The molecule has 0 spiro atoms. The van der Waals surface area contributed by atoms with E-state index in [4.69, 9.17) is 5.73 Å². The van der Waals surface area contributed by atoms with E-state index in [-0.39, 0.29) is 35.9 Å². The molecule has 1 amide bonds. The van der Waals surface area contributed by atoms with Crippen molar-refractivity contribution < 1.29 is 26.7 Å². The molecule has 12 heteroatoms. The lowest BCUT2D eigenvalue weighted by molar-refractivity contribution is -0.141. The van der Waals surface area contributed by atoms with Crippen molar-refractivity contribution >= 4 is 17.4 Å². The Labute approximate surface area is 191 Å². The van der Waals surface area contributed by atoms with Crippen LogP contribution in [-0.4, -0.2) is 38.4 Å². The first-order valence-electron chi connectivity index (χ1n) is 10.3. The van der Waals surface area contributed by atoms with Gasteiger partial charge in [0.1, 0.15) is 23.0 Å². The lowest BCUT2D eigenvalue weighted by Gasteiger charge is -2.42. The zero-order valence-electron chi connectivity index (χ0n) is 18.2. The molecule has 0 atom stereocenters. The van der Waals surface area contributed by atoms with Gasteiger partial charge < -0.3 is 20.5 Å². The topological polar surface area (TPSA) is 89.1 Å². The maximum atomic E-state index is 14.0. The van der Waals surface area contributed by atoms with Gasteiger partial charge in [-0.25, -0.2) is 18.7 Å². The minimum Gasteiger partial charge on any atom is -0.339 e. The van der Waals surface area contributed by atoms with Crippen molar-refractivity contribution in [3.8, 4) is 11.3 Å². The lowest BCUT2D eigenvalue weighted by atomic mass is 9.99. The molecule has 1 aromatic carbocycles. The summed E-state index contributed by atoms with van der Waals surface area (Å²) in [6.07, 6.45) is -3.57. The molecule has 0 bridgehead atoms. The van der Waals surface area contributed by atoms with Crippen molar-refractivity contribution in [3.63, 3.8) is 0 Å². The van der Waals surface area contributed by atoms with Crippen LogP contribution in [0.5, 0.6) is 0 Å². The monoisotopic (exact) mass is 480 g/mol. The van der Waals surface area contributed by atoms with Gasteiger partial charge in [0.15, 0.2) is 11.6 Å². The number of carbonyl (C=O) groups is 1. The van der Waals surface area contributed by atoms with Gasteiger partial charge in [0, 0.05) is 18.7 Å². The van der Waals surface area contributed by atoms with Crippen molar-refractivity contribution in [2.45, 2.75) is 32.1 Å². The van der Waals surface area contributed by atoms with Gasteiger partial charge in [-0.05, 0) is 44.2 Å². The third-order valence-corrected chi connectivity index (χ3v) is 5.72. The van der Waals surface area contributed by atoms with Crippen molar-refractivity contribution in [3.05, 3.63) is 59.7 Å². The van der Waals surface area contributed by atoms with E-state index in [2.05, 4.69) is 15.3 Å². The van der Waals surface area contributed by atoms with Crippen LogP contribution in [0.25, 0.3) is 11.3 Å². The zero-order chi connectivity index (χ0) is 24.8. The highest BCUT2D eigenvalue weighted by molar-refractivity contribution is 5.80. The smallest absolute Gasteiger partial charge is 0.339 e. The zero-order valence-corrected chi connectivity index (χ0v) is 18.2. The summed E-state index contributed by atoms with van der Waals surface area (Å²) in [5, 5.41) is 3.01. The number of fused-ring (bicyclic) bond motifs is 1. The summed E-state index contributed by atoms with van der Waals surface area (Å²) in [5.41, 5.74) is 4.32. The van der Waals surface area contributed by atoms with E-state index >= 15 is 0 Å². The minimum atomic E-state index is -4.59. The lowest BCUT2D eigenvalue weighted by Crippen LogP contribution is -2.53. The first kappa shape index (κ1) is 23.6. The van der Waals surface area contributed by atoms with E-state index in [1.807, 2.05) is 0 Å². The number of carbonyl (C=O) groups excluding carboxylic acids is 1. The summed E-state index contributed by atoms with van der Waals surface area (Å²) in [6.45, 7) is 3.94. The van der Waals surface area contributed by atoms with Crippen LogP contribution in [-0.2, 0) is 23.1 Å². The highest BCUT2D eigenvalue weighted by Crippen LogP contribution is 2.40. The molecule has 7 nitrogen and oxygen atoms in total. The fraction of sp³-hybridized carbons (Fsp3) is 0.318. The Bertz CT molecular complexity index is 1240. The van der Waals surface area contributed by atoms with Crippen LogP contribution in [0.4, 0.5) is 33.5 Å². The predicted molar refractivity (Wildman–Crippen MR) is 114 cm³/mol. The third kappa shape index (κ3) is 4.09. The van der Waals surface area contributed by atoms with Crippen LogP contribution in [0.2, 0.25) is 0 Å². The number of pyridine rings is 1. The average molecular weight is 480 g/mol. The predicted octanol–water partition coefficient (Wildman–Crippen LogP) is 4.02. The summed E-state index contributed by atoms with van der Waals surface area (Å²) in [6, 6.07) is 5.33. The maximum Gasteiger partial charge on any atom is 0.433 e. The van der Waals surface area contributed by atoms with Gasteiger partial charge in [-0.15, -0.1) is 0 Å². The van der Waals surface area contributed by atoms with Crippen LogP contribution < -0.4 is 11.1 Å². The molecule has 0 saturated carbocycles. The molecule has 2 aromatic heterocycles. The number of aromatic nitrogens is 3. The van der Waals surface area contributed by atoms with Crippen molar-refractivity contribution in [1.82, 2.24) is 19.4 Å². The van der Waals surface area contributed by atoms with Gasteiger partial charge in [-0.1, -0.05) is 0 Å². The number of nitrogens with zero attached hydrogens (tertiary/aromatic N) is 4. The molecule has 180 valence electrons. The Morgan fingerprint density at radius 1 is 1.15 bits per heavy atom. The normalized spacial score (nSPS) is 15.2. The molecule has 0 aliphatic carbocycles. The summed E-state index contributed by atoms with van der Waals surface area (Å²) >= 11 is 0. The van der Waals surface area contributed by atoms with E-state index in [0.29, 0.717) is 18.2 Å². The molecule has 0 saturated heterocycles. The van der Waals surface area contributed by atoms with E-state index in [9.17, 15) is 26.7 Å². The summed E-state index contributed by atoms with van der Waals surface area (Å²) in [7, 11) is 0. The Morgan fingerprint density at radius 2 is 1.88 bits per heavy atom. The number of hydrogen-bond acceptors (Lipinski definition) is 5. The Balaban J connectivity index is 1.84. The van der Waals surface area contributed by atoms with E-state index in [1.54, 1.807) is 23.3 Å². The van der Waals surface area contributed by atoms with Crippen molar-refractivity contribution in [2.75, 3.05) is 18.4 Å². The number of nitrogens with one attached hydrogen (secondary N) is 1. The Kier molecular flexibility index (Phi) is 5.80. The number of amides is 1. The summed E-state index contributed by atoms with van der Waals surface area (Å²) in [4.78, 5) is 22.1. The molecule has 1 aliphatic heterocycles. The molecule has 3 aromatic rings. The summed E-state index contributed by atoms with van der Waals surface area (Å²) in [5.74, 6) is -1.60. The van der Waals surface area contributed by atoms with Gasteiger partial charge in [0.2, 0.25) is 5.91 Å². The second kappa shape index (κ2) is 8.35. The molecule has 0 radical (unpaired) electrons. The SMILES string of the molecule is CC1(C)c2nc(-c3ccc(F)c(F)c3)c(Nc3ccc(C(F)(F)F)nc3)n2CCN1C(=O)CN. The summed E-state index contributed by atoms with van der Waals surface area (Å²) < 4.78 is 68.0. The highest BCUT2D eigenvalue weighted by Gasteiger charge is 2.41. The molecular weight excluding hydrogens is 459 g/mol. The van der Waals surface area contributed by atoms with E-state index in [0.717, 1.165) is 24.4 Å². The number of alkyl halides is 3. The molecule has 4 rings (SSSR count). The molecular formula is C22H21F5N6O. The molecule has 1 aliphatic rings. The third-order valence-electron chi connectivity index (χ3n) is 5.72. The van der Waals surface area contributed by atoms with Gasteiger partial charge in [-0.3, -0.25) is 4.79 Å². The second-order valence-electron chi connectivity index (χ2n) is 8.28. The highest BCUT2D eigenvalue weighted by atomic mass is 19.4. The quantitative estimate of drug-likeness (QED) is 0.551. The standard InChI is InChI=1S/C22H21F5N6O/c1-21(2)20-31-18(12-3-5-14(23)15(24)9-12)19(32(20)7-8-33(21)17(34)10-28)30-13-4-6-16(29-11-13)22(25,26)27/h3-6,9,11,30H,7-8,10,28H2,1-2H3. The van der Waals surface area contributed by atoms with Gasteiger partial charge >= 0.3 is 6.18 Å².